The van der Waals surface area contributed by atoms with E-state index in [4.69, 9.17) is 0 Å². The monoisotopic (exact) mass is 164 g/mol. The highest BCUT2D eigenvalue weighted by molar-refractivity contribution is 5.78. The third-order valence-electron chi connectivity index (χ3n) is 1.60. The number of benzene rings is 1. The number of nitrogens with zero attached hydrogens (tertiary/aromatic N) is 1. The molecule has 1 N–H and O–H groups in total. The van der Waals surface area contributed by atoms with Crippen LogP contribution in [0.2, 0.25) is 0 Å². The molecule has 1 aromatic carbocycles. The molecule has 0 fully saturated rings. The summed E-state index contributed by atoms with van der Waals surface area (Å²) >= 11 is 0. The van der Waals surface area contributed by atoms with E-state index < -0.39 is 0 Å². The van der Waals surface area contributed by atoms with Crippen LogP contribution < -0.4 is 0 Å². The summed E-state index contributed by atoms with van der Waals surface area (Å²) < 4.78 is 0. The van der Waals surface area contributed by atoms with Crippen molar-refractivity contribution in [3.63, 3.8) is 0 Å². The van der Waals surface area contributed by atoms with Crippen LogP contribution in [0.5, 0.6) is 0 Å². The predicted octanol–water partition coefficient (Wildman–Crippen LogP) is 3.14. The second-order valence-corrected chi connectivity index (χ2v) is 2.46. The molecule has 1 aromatic heterocycles. The Morgan fingerprint density at radius 3 is 2.83 bits per heavy atom. The Morgan fingerprint density at radius 2 is 2.08 bits per heavy atom. The van der Waals surface area contributed by atoms with Crippen molar-refractivity contribution >= 4 is 10.9 Å². The maximum absolute atomic E-state index is 3.92. The van der Waals surface area contributed by atoms with Gasteiger partial charge in [0.2, 0.25) is 0 Å². The van der Waals surface area contributed by atoms with Gasteiger partial charge >= 0.3 is 0 Å². The number of hydrogen-bond donors (Lipinski definition) is 1. The van der Waals surface area contributed by atoms with Crippen molar-refractivity contribution in [2.45, 2.75) is 20.8 Å². The first kappa shape index (κ1) is 8.78. The third kappa shape index (κ3) is 1.64. The SMILES string of the molecule is CC.Cc1ccc2cn[nH]c2c1.[HH]. The molecule has 0 saturated heterocycles. The fourth-order valence-corrected chi connectivity index (χ4v) is 1.05. The minimum Gasteiger partial charge on any atom is -0.278 e. The molecule has 0 amide bonds. The molecule has 66 valence electrons. The van der Waals surface area contributed by atoms with E-state index in [-0.39, 0.29) is 1.43 Å². The lowest BCUT2D eigenvalue weighted by molar-refractivity contribution is 1.12. The Kier molecular flexibility index (Phi) is 2.86. The Hall–Kier alpha value is -1.31. The van der Waals surface area contributed by atoms with Gasteiger partial charge in [-0.1, -0.05) is 26.0 Å². The van der Waals surface area contributed by atoms with Crippen LogP contribution in [-0.4, -0.2) is 10.2 Å². The molecule has 0 spiro atoms. The molecule has 0 radical (unpaired) electrons. The van der Waals surface area contributed by atoms with Crippen LogP contribution in [0.4, 0.5) is 0 Å². The first-order valence-electron chi connectivity index (χ1n) is 4.26. The van der Waals surface area contributed by atoms with Crippen molar-refractivity contribution in [3.05, 3.63) is 30.0 Å². The average Bonchev–Trinajstić information content (AvgIpc) is 2.54. The van der Waals surface area contributed by atoms with Crippen molar-refractivity contribution in [3.8, 4) is 0 Å². The zero-order valence-electron chi connectivity index (χ0n) is 7.76. The fraction of sp³-hybridized carbons (Fsp3) is 0.300. The van der Waals surface area contributed by atoms with Gasteiger partial charge in [-0.05, 0) is 18.6 Å². The molecule has 0 aliphatic carbocycles. The average molecular weight is 164 g/mol. The summed E-state index contributed by atoms with van der Waals surface area (Å²) in [4.78, 5) is 0. The number of aryl methyl sites for hydroxylation is 1. The topological polar surface area (TPSA) is 28.7 Å². The number of aromatic amines is 1. The molecule has 2 nitrogen and oxygen atoms in total. The van der Waals surface area contributed by atoms with Crippen LogP contribution in [-0.2, 0) is 0 Å². The van der Waals surface area contributed by atoms with Gasteiger partial charge in [-0.2, -0.15) is 5.10 Å². The third-order valence-corrected chi connectivity index (χ3v) is 1.60. The van der Waals surface area contributed by atoms with Gasteiger partial charge in [0.15, 0.2) is 0 Å². The lowest BCUT2D eigenvalue weighted by Gasteiger charge is -1.89. The number of rotatable bonds is 0. The first-order valence-corrected chi connectivity index (χ1v) is 4.26. The molecule has 0 aliphatic rings. The van der Waals surface area contributed by atoms with E-state index in [1.54, 1.807) is 0 Å². The second-order valence-electron chi connectivity index (χ2n) is 2.46. The van der Waals surface area contributed by atoms with Crippen LogP contribution in [0.1, 0.15) is 20.8 Å². The van der Waals surface area contributed by atoms with E-state index in [1.165, 1.54) is 10.9 Å². The molecule has 2 rings (SSSR count). The molecule has 0 atom stereocenters. The van der Waals surface area contributed by atoms with Gasteiger partial charge in [-0.3, -0.25) is 5.10 Å². The molecule has 12 heavy (non-hydrogen) atoms. The van der Waals surface area contributed by atoms with Crippen molar-refractivity contribution < 1.29 is 1.43 Å². The van der Waals surface area contributed by atoms with E-state index in [0.717, 1.165) is 5.52 Å². The smallest absolute Gasteiger partial charge is 0.0652 e. The number of nitrogens with one attached hydrogen (secondary N) is 1. The van der Waals surface area contributed by atoms with E-state index in [1.807, 2.05) is 20.0 Å². The normalized spacial score (nSPS) is 9.25. The summed E-state index contributed by atoms with van der Waals surface area (Å²) in [7, 11) is 0. The van der Waals surface area contributed by atoms with E-state index in [9.17, 15) is 0 Å². The Labute approximate surface area is 74.1 Å². The highest BCUT2D eigenvalue weighted by Gasteiger charge is 1.92. The second kappa shape index (κ2) is 3.90. The van der Waals surface area contributed by atoms with Crippen molar-refractivity contribution in [1.29, 1.82) is 0 Å². The van der Waals surface area contributed by atoms with Gasteiger partial charge in [0.05, 0.1) is 11.7 Å². The fourth-order valence-electron chi connectivity index (χ4n) is 1.05. The molecule has 0 bridgehead atoms. The maximum atomic E-state index is 3.92. The summed E-state index contributed by atoms with van der Waals surface area (Å²) in [5.74, 6) is 0. The zero-order valence-corrected chi connectivity index (χ0v) is 7.76. The number of aromatic nitrogens is 2. The van der Waals surface area contributed by atoms with Gasteiger partial charge < -0.3 is 0 Å². The van der Waals surface area contributed by atoms with Gasteiger partial charge in [-0.25, -0.2) is 0 Å². The van der Waals surface area contributed by atoms with E-state index in [2.05, 4.69) is 35.3 Å². The molecule has 0 aliphatic heterocycles. The largest absolute Gasteiger partial charge is 0.278 e. The molecule has 2 aromatic rings. The number of hydrogen-bond acceptors (Lipinski definition) is 1. The minimum atomic E-state index is 0. The van der Waals surface area contributed by atoms with Gasteiger partial charge in [0.1, 0.15) is 0 Å². The predicted molar refractivity (Wildman–Crippen MR) is 54.3 cm³/mol. The minimum absolute atomic E-state index is 0. The molecule has 1 heterocycles. The lowest BCUT2D eigenvalue weighted by Crippen LogP contribution is -1.70. The van der Waals surface area contributed by atoms with Crippen LogP contribution in [0.15, 0.2) is 24.4 Å². The number of fused-ring (bicyclic) bond motifs is 1. The summed E-state index contributed by atoms with van der Waals surface area (Å²) in [6.45, 7) is 6.07. The standard InChI is InChI=1S/C8H8N2.C2H6.H2/c1-6-2-3-7-5-9-10-8(7)4-6;1-2;/h2-5H,1H3,(H,9,10);1-2H3;1H. The Balaban J connectivity index is 0.000000451. The summed E-state index contributed by atoms with van der Waals surface area (Å²) in [6.07, 6.45) is 1.83. The van der Waals surface area contributed by atoms with Crippen molar-refractivity contribution in [2.24, 2.45) is 0 Å². The molecular formula is C10H16N2. The highest BCUT2D eigenvalue weighted by atomic mass is 15.1. The van der Waals surface area contributed by atoms with Gasteiger partial charge in [0.25, 0.3) is 0 Å². The zero-order chi connectivity index (χ0) is 8.97. The summed E-state index contributed by atoms with van der Waals surface area (Å²) in [6, 6.07) is 6.23. The van der Waals surface area contributed by atoms with E-state index in [0.29, 0.717) is 0 Å². The summed E-state index contributed by atoms with van der Waals surface area (Å²) in [5, 5.41) is 8.00. The Bertz CT molecular complexity index is 354. The quantitative estimate of drug-likeness (QED) is 0.636. The van der Waals surface area contributed by atoms with Crippen molar-refractivity contribution in [2.75, 3.05) is 0 Å². The lowest BCUT2D eigenvalue weighted by atomic mass is 10.2. The molecule has 0 saturated carbocycles. The first-order chi connectivity index (χ1) is 5.86. The van der Waals surface area contributed by atoms with Crippen LogP contribution in [0.3, 0.4) is 0 Å². The summed E-state index contributed by atoms with van der Waals surface area (Å²) in [5.41, 5.74) is 2.37. The Morgan fingerprint density at radius 1 is 1.33 bits per heavy atom. The van der Waals surface area contributed by atoms with Crippen LogP contribution in [0.25, 0.3) is 10.9 Å². The molecule has 2 heteroatoms. The maximum Gasteiger partial charge on any atom is 0.0652 e. The van der Waals surface area contributed by atoms with Crippen molar-refractivity contribution in [1.82, 2.24) is 10.2 Å². The number of H-pyrrole nitrogens is 1. The van der Waals surface area contributed by atoms with Crippen LogP contribution in [0, 0.1) is 6.92 Å². The van der Waals surface area contributed by atoms with E-state index >= 15 is 0 Å². The molecular weight excluding hydrogens is 148 g/mol. The van der Waals surface area contributed by atoms with Crippen LogP contribution >= 0.6 is 0 Å². The van der Waals surface area contributed by atoms with Gasteiger partial charge in [0, 0.05) is 6.81 Å². The highest BCUT2D eigenvalue weighted by Crippen LogP contribution is 2.10. The molecule has 0 unspecified atom stereocenters. The van der Waals surface area contributed by atoms with Gasteiger partial charge in [-0.15, -0.1) is 0 Å².